The lowest BCUT2D eigenvalue weighted by Crippen LogP contribution is -2.34. The molecular weight excluding hydrogens is 591 g/mol. The first-order valence-corrected chi connectivity index (χ1v) is 14.2. The van der Waals surface area contributed by atoms with Crippen molar-refractivity contribution in [3.05, 3.63) is 83.0 Å². The van der Waals surface area contributed by atoms with Crippen LogP contribution in [-0.4, -0.2) is 35.7 Å². The zero-order valence-corrected chi connectivity index (χ0v) is 25.0. The Morgan fingerprint density at radius 1 is 1.20 bits per heavy atom. The first kappa shape index (κ1) is 31.4. The van der Waals surface area contributed by atoms with Crippen molar-refractivity contribution in [3.63, 3.8) is 0 Å². The van der Waals surface area contributed by atoms with Crippen LogP contribution in [-0.2, 0) is 9.53 Å². The van der Waals surface area contributed by atoms with Crippen LogP contribution < -0.4 is 20.1 Å². The van der Waals surface area contributed by atoms with Crippen LogP contribution in [0.2, 0.25) is 0 Å². The van der Waals surface area contributed by atoms with Crippen molar-refractivity contribution < 1.29 is 37.0 Å². The van der Waals surface area contributed by atoms with Gasteiger partial charge in [0.2, 0.25) is 11.6 Å². The zero-order chi connectivity index (χ0) is 32.5. The number of halogens is 3. The Bertz CT molecular complexity index is 1760. The number of rotatable bonds is 5. The number of H-pyrrole nitrogens is 1. The molecule has 0 saturated heterocycles. The van der Waals surface area contributed by atoms with E-state index in [1.165, 1.54) is 31.4 Å². The maximum Gasteiger partial charge on any atom is 0.411 e. The van der Waals surface area contributed by atoms with Gasteiger partial charge in [0.05, 0.1) is 29.6 Å². The summed E-state index contributed by atoms with van der Waals surface area (Å²) in [6.45, 7) is 2.29. The van der Waals surface area contributed by atoms with Crippen molar-refractivity contribution in [3.8, 4) is 28.1 Å². The van der Waals surface area contributed by atoms with Crippen molar-refractivity contribution in [2.75, 3.05) is 17.7 Å². The monoisotopic (exact) mass is 623 g/mol. The highest BCUT2D eigenvalue weighted by Gasteiger charge is 2.33. The number of aromatic nitrogens is 3. The minimum absolute atomic E-state index is 0.0649. The molecular formula is C32H32F3N5O5. The fraction of sp³-hybridized carbons (Fsp3) is 0.312. The average Bonchev–Trinajstić information content (AvgIpc) is 3.36. The number of aryl methyl sites for hydroxylation is 1. The van der Waals surface area contributed by atoms with Crippen molar-refractivity contribution in [2.45, 2.75) is 52.6 Å². The number of alkyl halides is 2. The van der Waals surface area contributed by atoms with Crippen LogP contribution in [0.5, 0.6) is 5.75 Å². The Morgan fingerprint density at radius 3 is 2.69 bits per heavy atom. The van der Waals surface area contributed by atoms with E-state index in [0.717, 1.165) is 12.3 Å². The van der Waals surface area contributed by atoms with Gasteiger partial charge in [-0.3, -0.25) is 10.1 Å². The second-order valence-electron chi connectivity index (χ2n) is 11.4. The smallest absolute Gasteiger partial charge is 0.411 e. The van der Waals surface area contributed by atoms with E-state index >= 15 is 0 Å². The summed E-state index contributed by atoms with van der Waals surface area (Å²) in [6.07, 6.45) is 1.91. The summed E-state index contributed by atoms with van der Waals surface area (Å²) in [5.74, 6) is -1.50. The van der Waals surface area contributed by atoms with Gasteiger partial charge < -0.3 is 25.0 Å². The number of benzene rings is 2. The number of aromatic amines is 1. The largest absolute Gasteiger partial charge is 0.618 e. The van der Waals surface area contributed by atoms with Gasteiger partial charge in [0, 0.05) is 28.4 Å². The van der Waals surface area contributed by atoms with Crippen LogP contribution in [0.4, 0.5) is 29.3 Å². The van der Waals surface area contributed by atoms with Crippen molar-refractivity contribution in [2.24, 2.45) is 5.41 Å². The molecule has 0 fully saturated rings. The molecule has 0 spiro atoms. The number of fused-ring (bicyclic) bond motifs is 4. The molecule has 2 aromatic heterocycles. The minimum Gasteiger partial charge on any atom is -0.618 e. The fourth-order valence-corrected chi connectivity index (χ4v) is 5.48. The molecule has 45 heavy (non-hydrogen) atoms. The van der Waals surface area contributed by atoms with Gasteiger partial charge in [-0.15, -0.1) is 0 Å². The van der Waals surface area contributed by atoms with Gasteiger partial charge in [-0.1, -0.05) is 26.3 Å². The molecule has 0 radical (unpaired) electrons. The zero-order valence-electron chi connectivity index (χ0n) is 25.0. The van der Waals surface area contributed by atoms with E-state index in [4.69, 9.17) is 9.72 Å². The summed E-state index contributed by atoms with van der Waals surface area (Å²) in [5.41, 5.74) is 1.93. The third-order valence-electron chi connectivity index (χ3n) is 7.88. The van der Waals surface area contributed by atoms with Gasteiger partial charge in [-0.2, -0.15) is 13.5 Å². The predicted molar refractivity (Wildman–Crippen MR) is 160 cm³/mol. The number of pyridine rings is 1. The molecule has 1 atom stereocenters. The van der Waals surface area contributed by atoms with Gasteiger partial charge in [-0.25, -0.2) is 14.2 Å². The van der Waals surface area contributed by atoms with Gasteiger partial charge in [-0.05, 0) is 56.2 Å². The highest BCUT2D eigenvalue weighted by molar-refractivity contribution is 5.99. The lowest BCUT2D eigenvalue weighted by Gasteiger charge is -2.26. The molecule has 1 aliphatic rings. The van der Waals surface area contributed by atoms with Crippen LogP contribution in [0.15, 0.2) is 54.7 Å². The van der Waals surface area contributed by atoms with E-state index in [1.807, 2.05) is 20.8 Å². The first-order valence-electron chi connectivity index (χ1n) is 14.2. The second kappa shape index (κ2) is 12.5. The Balaban J connectivity index is 1.59. The standard InChI is InChI=1S/C32H32F3N5O5/c1-17-27-20-12-11-19(37-31(42)44-4)15-23(20)38-29(41)32(2,3)14-6-7-21(28(36-17)39-27)24-13-10-18(16-40(24)43)26-22(33)8-5-9-25(26)45-30(34)35/h5,8-13,15-16,21,30H,6-7,14H2,1-4H3,(H,36,39)(H,37,42)(H,38,41)/t21-/m1/s1. The number of anilines is 2. The van der Waals surface area contributed by atoms with E-state index in [9.17, 15) is 28.0 Å². The Morgan fingerprint density at radius 2 is 1.98 bits per heavy atom. The molecule has 2 amide bonds. The number of ether oxygens (including phenoxy) is 2. The number of hydrogen-bond acceptors (Lipinski definition) is 6. The summed E-state index contributed by atoms with van der Waals surface area (Å²) in [4.78, 5) is 33.4. The molecule has 4 aromatic rings. The minimum atomic E-state index is -3.18. The molecule has 13 heteroatoms. The molecule has 236 valence electrons. The number of nitrogens with one attached hydrogen (secondary N) is 3. The summed E-state index contributed by atoms with van der Waals surface area (Å²) >= 11 is 0. The number of hydrogen-bond donors (Lipinski definition) is 3. The molecule has 2 bridgehead atoms. The molecule has 5 rings (SSSR count). The number of amides is 2. The highest BCUT2D eigenvalue weighted by Crippen LogP contribution is 2.39. The lowest BCUT2D eigenvalue weighted by molar-refractivity contribution is -0.614. The summed E-state index contributed by atoms with van der Waals surface area (Å²) < 4.78 is 50.6. The topological polar surface area (TPSA) is 132 Å². The molecule has 3 N–H and O–H groups in total. The maximum absolute atomic E-state index is 14.8. The predicted octanol–water partition coefficient (Wildman–Crippen LogP) is 6.88. The Kier molecular flexibility index (Phi) is 8.71. The summed E-state index contributed by atoms with van der Waals surface area (Å²) in [6, 6.07) is 11.5. The highest BCUT2D eigenvalue weighted by atomic mass is 19.3. The number of carbonyl (C=O) groups is 2. The normalized spacial score (nSPS) is 16.2. The Labute approximate surface area is 257 Å². The van der Waals surface area contributed by atoms with Gasteiger partial charge in [0.15, 0.2) is 6.20 Å². The number of carbonyl (C=O) groups excluding carboxylic acids is 2. The Hall–Kier alpha value is -5.07. The molecule has 2 aromatic carbocycles. The molecule has 0 aliphatic carbocycles. The third kappa shape index (κ3) is 6.56. The van der Waals surface area contributed by atoms with E-state index < -0.39 is 29.9 Å². The van der Waals surface area contributed by atoms with Crippen molar-refractivity contribution >= 4 is 23.4 Å². The quantitative estimate of drug-likeness (QED) is 0.164. The molecule has 3 heterocycles. The van der Waals surface area contributed by atoms with E-state index in [2.05, 4.69) is 20.4 Å². The molecule has 0 saturated carbocycles. The van der Waals surface area contributed by atoms with Gasteiger partial charge in [0.25, 0.3) is 0 Å². The van der Waals surface area contributed by atoms with E-state index in [-0.39, 0.29) is 22.8 Å². The van der Waals surface area contributed by atoms with Crippen LogP contribution in [0.1, 0.15) is 56.2 Å². The van der Waals surface area contributed by atoms with Crippen LogP contribution in [0.25, 0.3) is 22.4 Å². The van der Waals surface area contributed by atoms with Crippen LogP contribution in [0, 0.1) is 23.4 Å². The number of imidazole rings is 1. The SMILES string of the molecule is COC(=O)Nc1ccc2c(c1)NC(=O)C(C)(C)CCC[C@H](c1ccc(-c3c(F)cccc3OC(F)F)c[n+]1[O-])c1nc-2c(C)[nH]1. The molecule has 1 aliphatic heterocycles. The molecule has 10 nitrogen and oxygen atoms in total. The van der Waals surface area contributed by atoms with Crippen LogP contribution in [0.3, 0.4) is 0 Å². The number of nitrogens with zero attached hydrogens (tertiary/aromatic N) is 2. The lowest BCUT2D eigenvalue weighted by atomic mass is 9.83. The maximum atomic E-state index is 14.8. The molecule has 0 unspecified atom stereocenters. The van der Waals surface area contributed by atoms with Gasteiger partial charge >= 0.3 is 12.7 Å². The van der Waals surface area contributed by atoms with E-state index in [0.29, 0.717) is 63.8 Å². The summed E-state index contributed by atoms with van der Waals surface area (Å²) in [5, 5.41) is 19.1. The van der Waals surface area contributed by atoms with Gasteiger partial charge in [0.1, 0.15) is 23.3 Å². The average molecular weight is 624 g/mol. The third-order valence-corrected chi connectivity index (χ3v) is 7.88. The summed E-state index contributed by atoms with van der Waals surface area (Å²) in [7, 11) is 1.25. The first-order chi connectivity index (χ1) is 21.4. The van der Waals surface area contributed by atoms with Crippen molar-refractivity contribution in [1.29, 1.82) is 0 Å². The fourth-order valence-electron chi connectivity index (χ4n) is 5.48. The van der Waals surface area contributed by atoms with Crippen LogP contribution >= 0.6 is 0 Å². The second-order valence-corrected chi connectivity index (χ2v) is 11.4. The van der Waals surface area contributed by atoms with Crippen molar-refractivity contribution in [1.82, 2.24) is 9.97 Å². The number of methoxy groups -OCH3 is 1. The van der Waals surface area contributed by atoms with E-state index in [1.54, 1.807) is 18.2 Å².